The van der Waals surface area contributed by atoms with Gasteiger partial charge in [-0.15, -0.1) is 0 Å². The van der Waals surface area contributed by atoms with E-state index in [9.17, 15) is 0 Å². The van der Waals surface area contributed by atoms with E-state index >= 15 is 0 Å². The molecule has 0 atom stereocenters. The minimum atomic E-state index is -0.272. The number of hydrogen-bond acceptors (Lipinski definition) is 1. The van der Waals surface area contributed by atoms with Crippen molar-refractivity contribution >= 4 is 38.9 Å². The van der Waals surface area contributed by atoms with Gasteiger partial charge in [0.15, 0.2) is 0 Å². The zero-order valence-electron chi connectivity index (χ0n) is 38.8. The number of hydrogen-bond donors (Lipinski definition) is 0. The molecule has 2 aliphatic rings. The molecule has 1 heterocycles. The van der Waals surface area contributed by atoms with Crippen molar-refractivity contribution < 1.29 is 0 Å². The highest BCUT2D eigenvalue weighted by Crippen LogP contribution is 2.59. The van der Waals surface area contributed by atoms with Crippen LogP contribution in [0.25, 0.3) is 83.1 Å². The van der Waals surface area contributed by atoms with Gasteiger partial charge in [-0.05, 0) is 145 Å². The zero-order chi connectivity index (χ0) is 45.7. The molecule has 0 spiro atoms. The van der Waals surface area contributed by atoms with E-state index in [4.69, 9.17) is 0 Å². The van der Waals surface area contributed by atoms with Crippen molar-refractivity contribution in [3.05, 3.63) is 253 Å². The largest absolute Gasteiger partial charge is 0.310 e. The fraction of sp³-hybridized carbons (Fsp3) is 0.0909. The van der Waals surface area contributed by atoms with Gasteiger partial charge in [-0.3, -0.25) is 0 Å². The van der Waals surface area contributed by atoms with Crippen LogP contribution in [0.3, 0.4) is 0 Å². The fourth-order valence-corrected chi connectivity index (χ4v) is 11.7. The molecule has 1 aromatic heterocycles. The Balaban J connectivity index is 1.04. The van der Waals surface area contributed by atoms with Crippen molar-refractivity contribution in [3.63, 3.8) is 0 Å². The third kappa shape index (κ3) is 6.10. The molecule has 0 saturated carbocycles. The van der Waals surface area contributed by atoms with Crippen LogP contribution in [-0.2, 0) is 10.8 Å². The quantitative estimate of drug-likeness (QED) is 0.155. The summed E-state index contributed by atoms with van der Waals surface area (Å²) in [6.07, 6.45) is 0. The molecule has 0 amide bonds. The summed E-state index contributed by atoms with van der Waals surface area (Å²) < 4.78 is 2.44. The molecular formula is C66H50N2. The van der Waals surface area contributed by atoms with E-state index < -0.39 is 0 Å². The fourth-order valence-electron chi connectivity index (χ4n) is 11.7. The first-order chi connectivity index (χ1) is 33.2. The first-order valence-corrected chi connectivity index (χ1v) is 23.9. The molecule has 2 nitrogen and oxygen atoms in total. The predicted octanol–water partition coefficient (Wildman–Crippen LogP) is 17.9. The second-order valence-electron chi connectivity index (χ2n) is 19.7. The lowest BCUT2D eigenvalue weighted by Gasteiger charge is -2.29. The van der Waals surface area contributed by atoms with Crippen LogP contribution in [0.5, 0.6) is 0 Å². The molecule has 2 heteroatoms. The molecule has 0 N–H and O–H groups in total. The van der Waals surface area contributed by atoms with E-state index in [-0.39, 0.29) is 10.8 Å². The number of anilines is 3. The van der Waals surface area contributed by atoms with Gasteiger partial charge in [0, 0.05) is 44.4 Å². The molecule has 0 bridgehead atoms. The highest BCUT2D eigenvalue weighted by molar-refractivity contribution is 6.10. The minimum absolute atomic E-state index is 0.103. The van der Waals surface area contributed by atoms with Crippen molar-refractivity contribution in [2.75, 3.05) is 4.90 Å². The first kappa shape index (κ1) is 40.1. The molecular weight excluding hydrogens is 821 g/mol. The normalized spacial score (nSPS) is 13.8. The van der Waals surface area contributed by atoms with Gasteiger partial charge in [-0.1, -0.05) is 191 Å². The number of rotatable bonds is 7. The molecule has 0 unspecified atom stereocenters. The highest BCUT2D eigenvalue weighted by atomic mass is 15.1. The summed E-state index contributed by atoms with van der Waals surface area (Å²) in [5.74, 6) is 0. The van der Waals surface area contributed by atoms with E-state index in [0.29, 0.717) is 0 Å². The lowest BCUT2D eigenvalue weighted by Crippen LogP contribution is -2.17. The number of fused-ring (bicyclic) bond motifs is 9. The van der Waals surface area contributed by atoms with Crippen molar-refractivity contribution in [1.82, 2.24) is 4.57 Å². The lowest BCUT2D eigenvalue weighted by molar-refractivity contribution is 0.652. The van der Waals surface area contributed by atoms with Crippen molar-refractivity contribution in [2.24, 2.45) is 0 Å². The summed E-state index contributed by atoms with van der Waals surface area (Å²) in [6.45, 7) is 9.65. The monoisotopic (exact) mass is 870 g/mol. The Morgan fingerprint density at radius 1 is 0.309 bits per heavy atom. The smallest absolute Gasteiger partial charge is 0.0561 e. The van der Waals surface area contributed by atoms with Crippen LogP contribution in [0.15, 0.2) is 231 Å². The van der Waals surface area contributed by atoms with Crippen LogP contribution >= 0.6 is 0 Å². The second kappa shape index (κ2) is 15.2. The number of nitrogens with zero attached hydrogens (tertiary/aromatic N) is 2. The van der Waals surface area contributed by atoms with Crippen LogP contribution in [-0.4, -0.2) is 4.57 Å². The predicted molar refractivity (Wildman–Crippen MR) is 287 cm³/mol. The lowest BCUT2D eigenvalue weighted by atomic mass is 9.79. The number of para-hydroxylation sites is 1. The van der Waals surface area contributed by atoms with Gasteiger partial charge in [-0.2, -0.15) is 0 Å². The third-order valence-corrected chi connectivity index (χ3v) is 15.2. The summed E-state index contributed by atoms with van der Waals surface area (Å²) in [5, 5.41) is 2.46. The minimum Gasteiger partial charge on any atom is -0.310 e. The molecule has 2 aliphatic carbocycles. The summed E-state index contributed by atoms with van der Waals surface area (Å²) in [6, 6.07) is 85.5. The van der Waals surface area contributed by atoms with Crippen LogP contribution in [0.1, 0.15) is 49.9 Å². The van der Waals surface area contributed by atoms with Gasteiger partial charge >= 0.3 is 0 Å². The maximum absolute atomic E-state index is 2.55. The van der Waals surface area contributed by atoms with Gasteiger partial charge in [0.1, 0.15) is 0 Å². The van der Waals surface area contributed by atoms with Crippen molar-refractivity contribution in [3.8, 4) is 61.3 Å². The zero-order valence-corrected chi connectivity index (χ0v) is 38.8. The maximum atomic E-state index is 2.55. The summed E-state index contributed by atoms with van der Waals surface area (Å²) >= 11 is 0. The topological polar surface area (TPSA) is 8.17 Å². The van der Waals surface area contributed by atoms with Gasteiger partial charge < -0.3 is 9.47 Å². The van der Waals surface area contributed by atoms with E-state index in [1.165, 1.54) is 94.2 Å². The van der Waals surface area contributed by atoms with Crippen LogP contribution in [0, 0.1) is 0 Å². The van der Waals surface area contributed by atoms with Crippen molar-refractivity contribution in [2.45, 2.75) is 38.5 Å². The molecule has 11 aromatic rings. The Bertz CT molecular complexity index is 3750. The Labute approximate surface area is 399 Å². The van der Waals surface area contributed by atoms with Gasteiger partial charge in [0.05, 0.1) is 11.0 Å². The maximum Gasteiger partial charge on any atom is 0.0561 e. The van der Waals surface area contributed by atoms with Crippen LogP contribution in [0.2, 0.25) is 0 Å². The van der Waals surface area contributed by atoms with Gasteiger partial charge in [-0.25, -0.2) is 0 Å². The van der Waals surface area contributed by atoms with Crippen LogP contribution < -0.4 is 4.90 Å². The molecule has 13 rings (SSSR count). The Morgan fingerprint density at radius 2 is 0.824 bits per heavy atom. The van der Waals surface area contributed by atoms with Gasteiger partial charge in [0.2, 0.25) is 0 Å². The molecule has 0 aliphatic heterocycles. The van der Waals surface area contributed by atoms with Crippen molar-refractivity contribution in [1.29, 1.82) is 0 Å². The van der Waals surface area contributed by atoms with Crippen LogP contribution in [0.4, 0.5) is 17.1 Å². The van der Waals surface area contributed by atoms with Gasteiger partial charge in [0.25, 0.3) is 0 Å². The second-order valence-corrected chi connectivity index (χ2v) is 19.7. The molecule has 68 heavy (non-hydrogen) atoms. The Hall–Kier alpha value is -8.20. The van der Waals surface area contributed by atoms with E-state index in [0.717, 1.165) is 28.3 Å². The summed E-state index contributed by atoms with van der Waals surface area (Å²) in [7, 11) is 0. The van der Waals surface area contributed by atoms with E-state index in [1.54, 1.807) is 0 Å². The Morgan fingerprint density at radius 3 is 1.51 bits per heavy atom. The summed E-state index contributed by atoms with van der Waals surface area (Å²) in [5.41, 5.74) is 24.7. The third-order valence-electron chi connectivity index (χ3n) is 15.2. The number of aromatic nitrogens is 1. The molecule has 0 fully saturated rings. The first-order valence-electron chi connectivity index (χ1n) is 23.9. The standard InChI is InChI=1S/C66H50N2/c1-65(2)58-26-16-14-24-52(58)56-41-60-57(42-59(56)65)64-55(47-22-12-7-13-23-47)38-51(39-61(64)66(60,3)4)67(48-32-28-45(29-33-48)43-18-8-5-9-19-43)50-36-37-54-53-25-15-17-27-62(53)68(63(54)40-50)49-34-30-46(31-35-49)44-20-10-6-11-21-44/h5-42H,1-4H3. The average molecular weight is 871 g/mol. The molecule has 0 radical (unpaired) electrons. The number of benzene rings is 10. The van der Waals surface area contributed by atoms with E-state index in [1.807, 2.05) is 0 Å². The molecule has 10 aromatic carbocycles. The highest BCUT2D eigenvalue weighted by Gasteiger charge is 2.43. The van der Waals surface area contributed by atoms with E-state index in [2.05, 4.69) is 268 Å². The average Bonchev–Trinajstić information content (AvgIpc) is 3.93. The molecule has 0 saturated heterocycles. The summed E-state index contributed by atoms with van der Waals surface area (Å²) in [4.78, 5) is 2.49. The Kier molecular flexibility index (Phi) is 8.95. The molecule has 324 valence electrons. The SMILES string of the molecule is CC1(C)c2ccccc2-c2cc3c(cc21)-c1c(-c2ccccc2)cc(N(c2ccc(-c4ccccc4)cc2)c2ccc4c5ccccc5n(-c5ccc(-c6ccccc6)cc5)c4c2)cc1C3(C)C.